The van der Waals surface area contributed by atoms with Gasteiger partial charge in [-0.1, -0.05) is 29.8 Å². The van der Waals surface area contributed by atoms with E-state index < -0.39 is 5.97 Å². The van der Waals surface area contributed by atoms with Crippen molar-refractivity contribution in [2.45, 2.75) is 0 Å². The van der Waals surface area contributed by atoms with Crippen LogP contribution in [0.2, 0.25) is 5.02 Å². The lowest BCUT2D eigenvalue weighted by Crippen LogP contribution is -1.91. The molecule has 0 aliphatic rings. The van der Waals surface area contributed by atoms with Crippen molar-refractivity contribution in [3.05, 3.63) is 59.1 Å². The fraction of sp³-hybridized carbons (Fsp3) is 0.0625. The van der Waals surface area contributed by atoms with Crippen LogP contribution in [-0.2, 0) is 4.79 Å². The van der Waals surface area contributed by atoms with Gasteiger partial charge in [-0.3, -0.25) is 0 Å². The molecule has 2 rings (SSSR count). The Bertz CT molecular complexity index is 680. The number of carboxylic acids is 1. The van der Waals surface area contributed by atoms with Gasteiger partial charge in [0.1, 0.15) is 11.5 Å². The Morgan fingerprint density at radius 1 is 1.19 bits per heavy atom. The zero-order valence-corrected chi connectivity index (χ0v) is 12.0. The van der Waals surface area contributed by atoms with E-state index in [2.05, 4.69) is 0 Å². The number of methoxy groups -OCH3 is 1. The molecular weight excluding hydrogens is 292 g/mol. The van der Waals surface area contributed by atoms with E-state index >= 15 is 0 Å². The minimum absolute atomic E-state index is 0.393. The van der Waals surface area contributed by atoms with Crippen molar-refractivity contribution in [1.82, 2.24) is 0 Å². The van der Waals surface area contributed by atoms with E-state index in [1.54, 1.807) is 49.6 Å². The van der Waals surface area contributed by atoms with E-state index in [1.807, 2.05) is 0 Å². The minimum Gasteiger partial charge on any atom is -0.497 e. The molecule has 0 saturated heterocycles. The van der Waals surface area contributed by atoms with Crippen molar-refractivity contribution in [2.75, 3.05) is 7.11 Å². The first kappa shape index (κ1) is 14.9. The molecule has 2 aromatic rings. The third-order valence-corrected chi connectivity index (χ3v) is 2.96. The van der Waals surface area contributed by atoms with Gasteiger partial charge in [0, 0.05) is 17.7 Å². The van der Waals surface area contributed by atoms with Crippen molar-refractivity contribution in [1.29, 1.82) is 0 Å². The fourth-order valence-electron chi connectivity index (χ4n) is 1.71. The Morgan fingerprint density at radius 3 is 2.62 bits per heavy atom. The van der Waals surface area contributed by atoms with E-state index in [-0.39, 0.29) is 0 Å². The lowest BCUT2D eigenvalue weighted by Gasteiger charge is -2.11. The van der Waals surface area contributed by atoms with Gasteiger partial charge in [-0.05, 0) is 24.3 Å². The van der Waals surface area contributed by atoms with Gasteiger partial charge in [0.25, 0.3) is 0 Å². The number of rotatable bonds is 5. The van der Waals surface area contributed by atoms with Gasteiger partial charge in [-0.15, -0.1) is 0 Å². The molecule has 0 bridgehead atoms. The van der Waals surface area contributed by atoms with Gasteiger partial charge in [0.05, 0.1) is 12.1 Å². The van der Waals surface area contributed by atoms with Gasteiger partial charge < -0.3 is 14.6 Å². The largest absolute Gasteiger partial charge is 0.497 e. The molecule has 0 aliphatic heterocycles. The number of para-hydroxylation sites is 1. The highest BCUT2D eigenvalue weighted by Crippen LogP contribution is 2.34. The minimum atomic E-state index is -1.04. The van der Waals surface area contributed by atoms with E-state index in [4.69, 9.17) is 26.2 Å². The van der Waals surface area contributed by atoms with Crippen LogP contribution >= 0.6 is 11.6 Å². The van der Waals surface area contributed by atoms with Gasteiger partial charge in [0.2, 0.25) is 0 Å². The highest BCUT2D eigenvalue weighted by molar-refractivity contribution is 6.32. The van der Waals surface area contributed by atoms with Crippen LogP contribution in [0.4, 0.5) is 0 Å². The Hall–Kier alpha value is -2.46. The molecule has 5 heteroatoms. The highest BCUT2D eigenvalue weighted by Gasteiger charge is 2.08. The average molecular weight is 305 g/mol. The molecule has 0 aromatic heterocycles. The van der Waals surface area contributed by atoms with E-state index in [0.29, 0.717) is 27.8 Å². The van der Waals surface area contributed by atoms with Crippen LogP contribution in [0.25, 0.3) is 6.08 Å². The maximum absolute atomic E-state index is 10.6. The first-order valence-corrected chi connectivity index (χ1v) is 6.49. The maximum Gasteiger partial charge on any atom is 0.328 e. The van der Waals surface area contributed by atoms with E-state index in [1.165, 1.54) is 6.08 Å². The molecule has 0 radical (unpaired) electrons. The quantitative estimate of drug-likeness (QED) is 0.839. The van der Waals surface area contributed by atoms with E-state index in [0.717, 1.165) is 6.08 Å². The molecule has 4 nitrogen and oxygen atoms in total. The molecule has 108 valence electrons. The molecule has 0 atom stereocenters. The van der Waals surface area contributed by atoms with Gasteiger partial charge in [-0.25, -0.2) is 4.79 Å². The Kier molecular flexibility index (Phi) is 4.85. The van der Waals surface area contributed by atoms with Crippen LogP contribution in [-0.4, -0.2) is 18.2 Å². The number of benzene rings is 2. The third-order valence-electron chi connectivity index (χ3n) is 2.66. The molecule has 21 heavy (non-hydrogen) atoms. The fourth-order valence-corrected chi connectivity index (χ4v) is 1.93. The second-order valence-electron chi connectivity index (χ2n) is 4.11. The lowest BCUT2D eigenvalue weighted by atomic mass is 10.2. The van der Waals surface area contributed by atoms with E-state index in [9.17, 15) is 4.79 Å². The molecule has 0 heterocycles. The van der Waals surface area contributed by atoms with Crippen LogP contribution in [0.3, 0.4) is 0 Å². The highest BCUT2D eigenvalue weighted by atomic mass is 35.5. The van der Waals surface area contributed by atoms with Crippen LogP contribution in [0.1, 0.15) is 5.56 Å². The predicted molar refractivity (Wildman–Crippen MR) is 81.2 cm³/mol. The van der Waals surface area contributed by atoms with Crippen LogP contribution in [0.5, 0.6) is 17.2 Å². The van der Waals surface area contributed by atoms with Crippen molar-refractivity contribution in [2.24, 2.45) is 0 Å². The SMILES string of the molecule is COc1cccc(Oc2c(Cl)cccc2/C=C/C(=O)O)c1. The topological polar surface area (TPSA) is 55.8 Å². The number of carboxylic acid groups (broad SMARTS) is 1. The van der Waals surface area contributed by atoms with Gasteiger partial charge >= 0.3 is 5.97 Å². The summed E-state index contributed by atoms with van der Waals surface area (Å²) in [4.78, 5) is 10.6. The van der Waals surface area contributed by atoms with Crippen LogP contribution < -0.4 is 9.47 Å². The summed E-state index contributed by atoms with van der Waals surface area (Å²) in [7, 11) is 1.57. The summed E-state index contributed by atoms with van der Waals surface area (Å²) in [5.74, 6) is 0.557. The summed E-state index contributed by atoms with van der Waals surface area (Å²) in [6.07, 6.45) is 2.47. The molecule has 0 spiro atoms. The maximum atomic E-state index is 10.6. The summed E-state index contributed by atoms with van der Waals surface area (Å²) >= 11 is 6.13. The Labute approximate surface area is 127 Å². The lowest BCUT2D eigenvalue weighted by molar-refractivity contribution is -0.131. The average Bonchev–Trinajstić information content (AvgIpc) is 2.48. The zero-order valence-electron chi connectivity index (χ0n) is 11.2. The normalized spacial score (nSPS) is 10.6. The first-order valence-electron chi connectivity index (χ1n) is 6.11. The summed E-state index contributed by atoms with van der Waals surface area (Å²) in [6.45, 7) is 0. The second-order valence-corrected chi connectivity index (χ2v) is 4.52. The number of carbonyl (C=O) groups is 1. The summed E-state index contributed by atoms with van der Waals surface area (Å²) in [6, 6.07) is 12.2. The Morgan fingerprint density at radius 2 is 1.90 bits per heavy atom. The number of halogens is 1. The van der Waals surface area contributed by atoms with Crippen molar-refractivity contribution in [3.63, 3.8) is 0 Å². The molecule has 0 aliphatic carbocycles. The molecule has 0 fully saturated rings. The monoisotopic (exact) mass is 304 g/mol. The number of ether oxygens (including phenoxy) is 2. The van der Waals surface area contributed by atoms with Gasteiger partial charge in [-0.2, -0.15) is 0 Å². The standard InChI is InChI=1S/C16H13ClO4/c1-20-12-5-3-6-13(10-12)21-16-11(8-9-15(18)19)4-2-7-14(16)17/h2-10H,1H3,(H,18,19)/b9-8+. The third kappa shape index (κ3) is 4.00. The predicted octanol–water partition coefficient (Wildman–Crippen LogP) is 4.24. The van der Waals surface area contributed by atoms with Crippen LogP contribution in [0.15, 0.2) is 48.5 Å². The number of hydrogen-bond donors (Lipinski definition) is 1. The summed E-state index contributed by atoms with van der Waals surface area (Å²) < 4.78 is 10.9. The van der Waals surface area contributed by atoms with Crippen LogP contribution in [0, 0.1) is 0 Å². The molecule has 0 amide bonds. The van der Waals surface area contributed by atoms with Crippen molar-refractivity contribution >= 4 is 23.6 Å². The molecular formula is C16H13ClO4. The van der Waals surface area contributed by atoms with Crippen molar-refractivity contribution < 1.29 is 19.4 Å². The number of hydrogen-bond acceptors (Lipinski definition) is 3. The number of aliphatic carboxylic acids is 1. The zero-order chi connectivity index (χ0) is 15.2. The Balaban J connectivity index is 2.36. The smallest absolute Gasteiger partial charge is 0.328 e. The molecule has 0 unspecified atom stereocenters. The second kappa shape index (κ2) is 6.81. The van der Waals surface area contributed by atoms with Crippen molar-refractivity contribution in [3.8, 4) is 17.2 Å². The van der Waals surface area contributed by atoms with Gasteiger partial charge in [0.15, 0.2) is 5.75 Å². The summed E-state index contributed by atoms with van der Waals surface area (Å²) in [5, 5.41) is 9.11. The first-order chi connectivity index (χ1) is 10.1. The molecule has 0 saturated carbocycles. The molecule has 2 aromatic carbocycles. The molecule has 1 N–H and O–H groups in total. The summed E-state index contributed by atoms with van der Waals surface area (Å²) in [5.41, 5.74) is 0.577.